The third kappa shape index (κ3) is 5.22. The monoisotopic (exact) mass is 374 g/mol. The molecule has 2 aromatic rings. The van der Waals surface area contributed by atoms with Crippen molar-refractivity contribution >= 4 is 5.95 Å². The molecule has 1 saturated heterocycles. The summed E-state index contributed by atoms with van der Waals surface area (Å²) < 4.78 is 25.1. The van der Waals surface area contributed by atoms with Gasteiger partial charge in [-0.15, -0.1) is 0 Å². The zero-order chi connectivity index (χ0) is 19.1. The molecular weight excluding hydrogens is 347 g/mol. The maximum Gasteiger partial charge on any atom is 0.225 e. The molecule has 7 heteroatoms. The van der Waals surface area contributed by atoms with E-state index in [1.807, 2.05) is 18.0 Å². The molecule has 1 aliphatic rings. The predicted octanol–water partition coefficient (Wildman–Crippen LogP) is 2.66. The van der Waals surface area contributed by atoms with Gasteiger partial charge in [0.15, 0.2) is 5.79 Å². The van der Waals surface area contributed by atoms with E-state index in [1.54, 1.807) is 24.5 Å². The first-order valence-corrected chi connectivity index (χ1v) is 9.30. The number of nitrogens with zero attached hydrogens (tertiary/aromatic N) is 4. The molecule has 0 saturated carbocycles. The van der Waals surface area contributed by atoms with E-state index in [0.717, 1.165) is 44.0 Å². The maximum absolute atomic E-state index is 13.2. The largest absolute Gasteiger partial charge is 0.343 e. The van der Waals surface area contributed by atoms with Crippen molar-refractivity contribution < 1.29 is 13.9 Å². The molecule has 0 N–H and O–H groups in total. The fraction of sp³-hybridized carbons (Fsp3) is 0.500. The molecule has 1 aliphatic heterocycles. The van der Waals surface area contributed by atoms with Crippen LogP contribution in [-0.2, 0) is 15.3 Å². The van der Waals surface area contributed by atoms with Crippen LogP contribution in [0.15, 0.2) is 42.7 Å². The van der Waals surface area contributed by atoms with Crippen LogP contribution in [0.2, 0.25) is 0 Å². The number of benzene rings is 1. The van der Waals surface area contributed by atoms with E-state index < -0.39 is 5.79 Å². The third-order valence-corrected chi connectivity index (χ3v) is 4.79. The summed E-state index contributed by atoms with van der Waals surface area (Å²) in [6, 6.07) is 8.22. The van der Waals surface area contributed by atoms with Gasteiger partial charge in [0.2, 0.25) is 5.95 Å². The molecule has 146 valence electrons. The Hall–Kier alpha value is -2.09. The molecule has 0 aliphatic carbocycles. The lowest BCUT2D eigenvalue weighted by Crippen LogP contribution is -2.33. The first-order chi connectivity index (χ1) is 13.1. The number of likely N-dealkylation sites (N-methyl/N-ethyl adjacent to an activating group) is 2. The van der Waals surface area contributed by atoms with Crippen molar-refractivity contribution in [2.45, 2.75) is 18.6 Å². The van der Waals surface area contributed by atoms with E-state index in [4.69, 9.17) is 9.47 Å². The number of hydrogen-bond donors (Lipinski definition) is 0. The van der Waals surface area contributed by atoms with Crippen LogP contribution in [0.1, 0.15) is 18.4 Å². The number of ether oxygens (including phenoxy) is 2. The smallest absolute Gasteiger partial charge is 0.225 e. The van der Waals surface area contributed by atoms with E-state index in [1.165, 1.54) is 12.1 Å². The molecule has 0 atom stereocenters. The summed E-state index contributed by atoms with van der Waals surface area (Å²) in [6.07, 6.45) is 5.15. The van der Waals surface area contributed by atoms with Crippen LogP contribution in [0.5, 0.6) is 0 Å². The van der Waals surface area contributed by atoms with Crippen LogP contribution < -0.4 is 4.90 Å². The minimum absolute atomic E-state index is 0.252. The SMILES string of the molecule is CN(CCCC1(c2ccc(F)cc2)OCCO1)CCN(C)c1ncccn1. The standard InChI is InChI=1S/C20H27FN4O2/c1-24(13-14-25(2)19-22-10-4-11-23-19)12-3-9-20(26-15-16-27-20)17-5-7-18(21)8-6-17/h4-8,10-11H,3,9,12-16H2,1-2H3. The van der Waals surface area contributed by atoms with Gasteiger partial charge in [-0.3, -0.25) is 0 Å². The van der Waals surface area contributed by atoms with Gasteiger partial charge in [-0.1, -0.05) is 12.1 Å². The highest BCUT2D eigenvalue weighted by molar-refractivity contribution is 5.26. The van der Waals surface area contributed by atoms with Crippen molar-refractivity contribution in [3.05, 3.63) is 54.1 Å². The van der Waals surface area contributed by atoms with Gasteiger partial charge < -0.3 is 19.3 Å². The Morgan fingerprint density at radius 1 is 1.00 bits per heavy atom. The topological polar surface area (TPSA) is 50.7 Å². The maximum atomic E-state index is 13.2. The fourth-order valence-electron chi connectivity index (χ4n) is 3.22. The van der Waals surface area contributed by atoms with Crippen LogP contribution >= 0.6 is 0 Å². The second-order valence-electron chi connectivity index (χ2n) is 6.83. The normalized spacial score (nSPS) is 16.0. The molecule has 1 fully saturated rings. The molecule has 0 radical (unpaired) electrons. The average Bonchev–Trinajstić information content (AvgIpc) is 3.17. The Balaban J connectivity index is 1.46. The minimum atomic E-state index is -0.747. The summed E-state index contributed by atoms with van der Waals surface area (Å²) in [5, 5.41) is 0. The number of anilines is 1. The van der Waals surface area contributed by atoms with Gasteiger partial charge in [-0.05, 0) is 38.2 Å². The summed E-state index contributed by atoms with van der Waals surface area (Å²) in [7, 11) is 4.09. The number of halogens is 1. The molecule has 2 heterocycles. The van der Waals surface area contributed by atoms with Crippen molar-refractivity contribution in [3.8, 4) is 0 Å². The highest BCUT2D eigenvalue weighted by Gasteiger charge is 2.38. The fourth-order valence-corrected chi connectivity index (χ4v) is 3.22. The van der Waals surface area contributed by atoms with Crippen molar-refractivity contribution in [2.24, 2.45) is 0 Å². The van der Waals surface area contributed by atoms with Crippen molar-refractivity contribution in [1.82, 2.24) is 14.9 Å². The molecule has 0 unspecified atom stereocenters. The lowest BCUT2D eigenvalue weighted by Gasteiger charge is -2.29. The summed E-state index contributed by atoms with van der Waals surface area (Å²) in [6.45, 7) is 3.79. The van der Waals surface area contributed by atoms with Gasteiger partial charge in [0.25, 0.3) is 0 Å². The number of hydrogen-bond acceptors (Lipinski definition) is 6. The van der Waals surface area contributed by atoms with Crippen molar-refractivity contribution in [2.75, 3.05) is 51.8 Å². The Bertz CT molecular complexity index is 693. The molecule has 0 amide bonds. The molecule has 3 rings (SSSR count). The number of aromatic nitrogens is 2. The molecule has 0 spiro atoms. The van der Waals surface area contributed by atoms with Gasteiger partial charge >= 0.3 is 0 Å². The first kappa shape index (κ1) is 19.7. The molecule has 0 bridgehead atoms. The average molecular weight is 374 g/mol. The predicted molar refractivity (Wildman–Crippen MR) is 102 cm³/mol. The van der Waals surface area contributed by atoms with Crippen molar-refractivity contribution in [3.63, 3.8) is 0 Å². The number of rotatable bonds is 9. The van der Waals surface area contributed by atoms with Crippen LogP contribution in [0.25, 0.3) is 0 Å². The van der Waals surface area contributed by atoms with Gasteiger partial charge in [-0.25, -0.2) is 14.4 Å². The van der Waals surface area contributed by atoms with E-state index in [2.05, 4.69) is 21.9 Å². The van der Waals surface area contributed by atoms with E-state index in [0.29, 0.717) is 13.2 Å². The second-order valence-corrected chi connectivity index (χ2v) is 6.83. The molecule has 1 aromatic heterocycles. The van der Waals surface area contributed by atoms with Crippen LogP contribution in [0.3, 0.4) is 0 Å². The van der Waals surface area contributed by atoms with Crippen LogP contribution in [0.4, 0.5) is 10.3 Å². The molecule has 27 heavy (non-hydrogen) atoms. The Morgan fingerprint density at radius 2 is 1.67 bits per heavy atom. The Labute approximate surface area is 159 Å². The van der Waals surface area contributed by atoms with Gasteiger partial charge in [0.1, 0.15) is 5.82 Å². The van der Waals surface area contributed by atoms with Crippen LogP contribution in [-0.4, -0.2) is 61.8 Å². The van der Waals surface area contributed by atoms with E-state index >= 15 is 0 Å². The second kappa shape index (κ2) is 9.21. The summed E-state index contributed by atoms with van der Waals surface area (Å²) in [4.78, 5) is 12.8. The van der Waals surface area contributed by atoms with Crippen molar-refractivity contribution in [1.29, 1.82) is 0 Å². The van der Waals surface area contributed by atoms with Gasteiger partial charge in [-0.2, -0.15) is 0 Å². The zero-order valence-electron chi connectivity index (χ0n) is 16.0. The third-order valence-electron chi connectivity index (χ3n) is 4.79. The summed E-state index contributed by atoms with van der Waals surface area (Å²) >= 11 is 0. The zero-order valence-corrected chi connectivity index (χ0v) is 16.0. The Kier molecular flexibility index (Phi) is 6.71. The highest BCUT2D eigenvalue weighted by Crippen LogP contribution is 2.36. The Morgan fingerprint density at radius 3 is 2.33 bits per heavy atom. The summed E-state index contributed by atoms with van der Waals surface area (Å²) in [5.41, 5.74) is 0.880. The minimum Gasteiger partial charge on any atom is -0.343 e. The van der Waals surface area contributed by atoms with Crippen LogP contribution in [0, 0.1) is 5.82 Å². The van der Waals surface area contributed by atoms with E-state index in [9.17, 15) is 4.39 Å². The molecule has 1 aromatic carbocycles. The van der Waals surface area contributed by atoms with Gasteiger partial charge in [0, 0.05) is 44.5 Å². The van der Waals surface area contributed by atoms with Gasteiger partial charge in [0.05, 0.1) is 13.2 Å². The molecule has 6 nitrogen and oxygen atoms in total. The van der Waals surface area contributed by atoms with E-state index in [-0.39, 0.29) is 5.82 Å². The lowest BCUT2D eigenvalue weighted by molar-refractivity contribution is -0.172. The molecular formula is C20H27FN4O2. The summed E-state index contributed by atoms with van der Waals surface area (Å²) in [5.74, 6) is -0.268. The first-order valence-electron chi connectivity index (χ1n) is 9.30. The highest BCUT2D eigenvalue weighted by atomic mass is 19.1. The quantitative estimate of drug-likeness (QED) is 0.673. The lowest BCUT2D eigenvalue weighted by atomic mass is 10.0.